The van der Waals surface area contributed by atoms with Crippen LogP contribution < -0.4 is 5.32 Å². The van der Waals surface area contributed by atoms with Crippen molar-refractivity contribution in [3.05, 3.63) is 0 Å². The Morgan fingerprint density at radius 2 is 2.05 bits per heavy atom. The smallest absolute Gasteiger partial charge is 0.411 e. The summed E-state index contributed by atoms with van der Waals surface area (Å²) in [6, 6.07) is 0. The van der Waals surface area contributed by atoms with Crippen LogP contribution >= 0.6 is 0 Å². The fraction of sp³-hybridized carbons (Fsp3) is 0.846. The lowest BCUT2D eigenvalue weighted by atomic mass is 9.88. The van der Waals surface area contributed by atoms with Crippen LogP contribution in [0.25, 0.3) is 0 Å². The minimum atomic E-state index is -0.892. The van der Waals surface area contributed by atoms with Gasteiger partial charge in [0, 0.05) is 25.6 Å². The molecule has 0 aromatic rings. The van der Waals surface area contributed by atoms with Gasteiger partial charge in [-0.1, -0.05) is 0 Å². The third kappa shape index (κ3) is 2.29. The van der Waals surface area contributed by atoms with E-state index in [4.69, 9.17) is 9.47 Å². The summed E-state index contributed by atoms with van der Waals surface area (Å²) in [5.74, 6) is -0.252. The number of methoxy groups -OCH3 is 1. The summed E-state index contributed by atoms with van der Waals surface area (Å²) in [6.07, 6.45) is 0.352. The molecule has 0 aromatic carbocycles. The van der Waals surface area contributed by atoms with E-state index in [2.05, 4.69) is 5.32 Å². The molecule has 6 nitrogen and oxygen atoms in total. The molecule has 108 valence electrons. The van der Waals surface area contributed by atoms with Crippen LogP contribution in [-0.4, -0.2) is 54.8 Å². The van der Waals surface area contributed by atoms with E-state index in [9.17, 15) is 9.59 Å². The van der Waals surface area contributed by atoms with Gasteiger partial charge >= 0.3 is 12.1 Å². The van der Waals surface area contributed by atoms with Gasteiger partial charge in [-0.2, -0.15) is 0 Å². The standard InChI is InChI=1S/C13H22N2O4/c1-12(2,3)19-11(17)15-6-5-9-7-14-8-13(9,15)10(16)18-4/h9,14H,5-8H2,1-4H3/t9-,13-/m1/s1. The van der Waals surface area contributed by atoms with Crippen LogP contribution in [-0.2, 0) is 14.3 Å². The summed E-state index contributed by atoms with van der Waals surface area (Å²) in [5, 5.41) is 3.18. The van der Waals surface area contributed by atoms with E-state index in [0.29, 0.717) is 13.1 Å². The molecule has 19 heavy (non-hydrogen) atoms. The molecule has 6 heteroatoms. The minimum absolute atomic E-state index is 0.104. The van der Waals surface area contributed by atoms with Crippen LogP contribution in [0.2, 0.25) is 0 Å². The number of hydrogen-bond acceptors (Lipinski definition) is 5. The monoisotopic (exact) mass is 270 g/mol. The number of nitrogens with zero attached hydrogens (tertiary/aromatic N) is 1. The molecule has 1 amide bonds. The number of amides is 1. The van der Waals surface area contributed by atoms with Gasteiger partial charge in [-0.3, -0.25) is 4.90 Å². The number of fused-ring (bicyclic) bond motifs is 1. The lowest BCUT2D eigenvalue weighted by Gasteiger charge is -2.36. The van der Waals surface area contributed by atoms with Crippen molar-refractivity contribution in [2.45, 2.75) is 38.3 Å². The number of carbonyl (C=O) groups is 2. The van der Waals surface area contributed by atoms with E-state index < -0.39 is 17.2 Å². The van der Waals surface area contributed by atoms with Crippen molar-refractivity contribution in [3.8, 4) is 0 Å². The first-order valence-corrected chi connectivity index (χ1v) is 6.61. The van der Waals surface area contributed by atoms with Gasteiger partial charge in [-0.15, -0.1) is 0 Å². The van der Waals surface area contributed by atoms with Gasteiger partial charge in [0.05, 0.1) is 7.11 Å². The summed E-state index contributed by atoms with van der Waals surface area (Å²) >= 11 is 0. The molecule has 0 aliphatic carbocycles. The summed E-state index contributed by atoms with van der Waals surface area (Å²) in [7, 11) is 1.36. The van der Waals surface area contributed by atoms with Crippen molar-refractivity contribution in [2.75, 3.05) is 26.7 Å². The van der Waals surface area contributed by atoms with Gasteiger partial charge in [0.2, 0.25) is 0 Å². The highest BCUT2D eigenvalue weighted by Crippen LogP contribution is 2.39. The molecule has 0 aromatic heterocycles. The van der Waals surface area contributed by atoms with E-state index in [1.165, 1.54) is 12.0 Å². The zero-order valence-corrected chi connectivity index (χ0v) is 12.0. The molecular formula is C13H22N2O4. The summed E-state index contributed by atoms with van der Waals surface area (Å²) in [4.78, 5) is 26.0. The second-order valence-corrected chi connectivity index (χ2v) is 6.16. The van der Waals surface area contributed by atoms with E-state index in [-0.39, 0.29) is 11.9 Å². The number of esters is 1. The molecule has 2 rings (SSSR count). The normalized spacial score (nSPS) is 30.1. The first-order valence-electron chi connectivity index (χ1n) is 6.61. The maximum Gasteiger partial charge on any atom is 0.411 e. The molecule has 2 aliphatic rings. The van der Waals surface area contributed by atoms with Crippen molar-refractivity contribution >= 4 is 12.1 Å². The zero-order chi connectivity index (χ0) is 14.3. The molecule has 2 heterocycles. The van der Waals surface area contributed by atoms with Crippen LogP contribution in [0, 0.1) is 5.92 Å². The summed E-state index contributed by atoms with van der Waals surface area (Å²) < 4.78 is 10.3. The summed E-state index contributed by atoms with van der Waals surface area (Å²) in [5.41, 5.74) is -1.46. The van der Waals surface area contributed by atoms with Gasteiger partial charge in [-0.05, 0) is 27.2 Å². The van der Waals surface area contributed by atoms with Gasteiger partial charge in [0.15, 0.2) is 5.54 Å². The summed E-state index contributed by atoms with van der Waals surface area (Å²) in [6.45, 7) is 7.15. The number of ether oxygens (including phenoxy) is 2. The molecule has 0 spiro atoms. The van der Waals surface area contributed by atoms with E-state index in [1.54, 1.807) is 0 Å². The molecule has 0 bridgehead atoms. The third-order valence-corrected chi connectivity index (χ3v) is 3.80. The first-order chi connectivity index (χ1) is 8.81. The second-order valence-electron chi connectivity index (χ2n) is 6.16. The van der Waals surface area contributed by atoms with Crippen LogP contribution in [0.4, 0.5) is 4.79 Å². The van der Waals surface area contributed by atoms with Gasteiger partial charge < -0.3 is 14.8 Å². The Hall–Kier alpha value is -1.30. The predicted molar refractivity (Wildman–Crippen MR) is 68.7 cm³/mol. The Balaban J connectivity index is 2.25. The second kappa shape index (κ2) is 4.67. The Morgan fingerprint density at radius 1 is 1.37 bits per heavy atom. The quantitative estimate of drug-likeness (QED) is 0.712. The molecule has 0 radical (unpaired) electrons. The lowest BCUT2D eigenvalue weighted by Crippen LogP contribution is -2.58. The Labute approximate surface area is 113 Å². The molecule has 0 unspecified atom stereocenters. The van der Waals surface area contributed by atoms with Gasteiger partial charge in [0.25, 0.3) is 0 Å². The molecule has 2 saturated heterocycles. The topological polar surface area (TPSA) is 67.9 Å². The minimum Gasteiger partial charge on any atom is -0.467 e. The highest BCUT2D eigenvalue weighted by molar-refractivity contribution is 5.88. The molecule has 0 saturated carbocycles. The lowest BCUT2D eigenvalue weighted by molar-refractivity contribution is -0.153. The number of likely N-dealkylation sites (tertiary alicyclic amines) is 1. The maximum absolute atomic E-state index is 12.3. The fourth-order valence-electron chi connectivity index (χ4n) is 2.99. The van der Waals surface area contributed by atoms with Crippen LogP contribution in [0.3, 0.4) is 0 Å². The number of hydrogen-bond donors (Lipinski definition) is 1. The molecule has 2 fully saturated rings. The van der Waals surface area contributed by atoms with Crippen LogP contribution in [0.5, 0.6) is 0 Å². The van der Waals surface area contributed by atoms with E-state index in [0.717, 1.165) is 13.0 Å². The number of rotatable bonds is 1. The molecular weight excluding hydrogens is 248 g/mol. The van der Waals surface area contributed by atoms with Crippen molar-refractivity contribution in [2.24, 2.45) is 5.92 Å². The average molecular weight is 270 g/mol. The van der Waals surface area contributed by atoms with Crippen molar-refractivity contribution in [3.63, 3.8) is 0 Å². The maximum atomic E-state index is 12.3. The first kappa shape index (κ1) is 14.1. The fourth-order valence-corrected chi connectivity index (χ4v) is 2.99. The predicted octanol–water partition coefficient (Wildman–Crippen LogP) is 0.758. The molecule has 2 atom stereocenters. The van der Waals surface area contributed by atoms with E-state index >= 15 is 0 Å². The Morgan fingerprint density at radius 3 is 2.63 bits per heavy atom. The Bertz CT molecular complexity index is 391. The highest BCUT2D eigenvalue weighted by atomic mass is 16.6. The number of carbonyl (C=O) groups excluding carboxylic acids is 2. The molecule has 2 aliphatic heterocycles. The van der Waals surface area contributed by atoms with Crippen molar-refractivity contribution in [1.29, 1.82) is 0 Å². The van der Waals surface area contributed by atoms with E-state index in [1.807, 2.05) is 20.8 Å². The van der Waals surface area contributed by atoms with Crippen molar-refractivity contribution < 1.29 is 19.1 Å². The third-order valence-electron chi connectivity index (χ3n) is 3.80. The van der Waals surface area contributed by atoms with Gasteiger partial charge in [-0.25, -0.2) is 9.59 Å². The number of nitrogens with one attached hydrogen (secondary N) is 1. The van der Waals surface area contributed by atoms with Crippen LogP contribution in [0.1, 0.15) is 27.2 Å². The van der Waals surface area contributed by atoms with Crippen LogP contribution in [0.15, 0.2) is 0 Å². The highest BCUT2D eigenvalue weighted by Gasteiger charge is 2.60. The van der Waals surface area contributed by atoms with Crippen molar-refractivity contribution in [1.82, 2.24) is 10.2 Å². The largest absolute Gasteiger partial charge is 0.467 e. The Kier molecular flexibility index (Phi) is 3.47. The molecule has 1 N–H and O–H groups in total. The average Bonchev–Trinajstić information content (AvgIpc) is 2.83. The SMILES string of the molecule is COC(=O)[C@@]12CNC[C@H]1CCN2C(=O)OC(C)(C)C. The zero-order valence-electron chi connectivity index (χ0n) is 12.0. The van der Waals surface area contributed by atoms with Gasteiger partial charge in [0.1, 0.15) is 5.60 Å².